The summed E-state index contributed by atoms with van der Waals surface area (Å²) in [5, 5.41) is 19.9. The molecule has 0 bridgehead atoms. The number of carbonyl (C=O) groups excluding carboxylic acids is 1. The average Bonchev–Trinajstić information content (AvgIpc) is 3.29. The first-order valence-corrected chi connectivity index (χ1v) is 12.3. The van der Waals surface area contributed by atoms with E-state index < -0.39 is 35.1 Å². The molecule has 0 aromatic carbocycles. The van der Waals surface area contributed by atoms with Gasteiger partial charge < -0.3 is 29.5 Å². The van der Waals surface area contributed by atoms with E-state index in [-0.39, 0.29) is 12.1 Å². The molecule has 3 aromatic rings. The molecule has 3 N–H and O–H groups in total. The van der Waals surface area contributed by atoms with Gasteiger partial charge in [-0.1, -0.05) is 0 Å². The van der Waals surface area contributed by atoms with Gasteiger partial charge in [0, 0.05) is 39.4 Å². The van der Waals surface area contributed by atoms with Crippen molar-refractivity contribution in [1.29, 1.82) is 0 Å². The number of ether oxygens (including phenoxy) is 1. The van der Waals surface area contributed by atoms with Gasteiger partial charge >= 0.3 is 12.2 Å². The van der Waals surface area contributed by atoms with Gasteiger partial charge in [-0.25, -0.2) is 9.78 Å². The van der Waals surface area contributed by atoms with Crippen molar-refractivity contribution in [2.75, 3.05) is 30.4 Å². The number of nitrogens with one attached hydrogen (secondary N) is 2. The quantitative estimate of drug-likeness (QED) is 0.458. The molecule has 0 spiro atoms. The highest BCUT2D eigenvalue weighted by Gasteiger charge is 2.34. The maximum absolute atomic E-state index is 13.2. The minimum absolute atomic E-state index is 0.175. The number of amides is 2. The first-order chi connectivity index (χ1) is 18.0. The van der Waals surface area contributed by atoms with Crippen LogP contribution in [0.1, 0.15) is 31.2 Å². The zero-order valence-electron chi connectivity index (χ0n) is 20.8. The number of piperidine rings is 1. The van der Waals surface area contributed by atoms with Gasteiger partial charge in [-0.3, -0.25) is 9.89 Å². The zero-order valence-corrected chi connectivity index (χ0v) is 20.8. The second kappa shape index (κ2) is 9.82. The van der Waals surface area contributed by atoms with Crippen molar-refractivity contribution in [1.82, 2.24) is 24.6 Å². The highest BCUT2D eigenvalue weighted by Crippen LogP contribution is 2.32. The number of aromatic nitrogens is 4. The summed E-state index contributed by atoms with van der Waals surface area (Å²) in [6, 6.07) is 1.75. The number of aliphatic hydroxyl groups is 1. The fourth-order valence-electron chi connectivity index (χ4n) is 4.70. The lowest BCUT2D eigenvalue weighted by atomic mass is 9.92. The summed E-state index contributed by atoms with van der Waals surface area (Å²) in [6.45, 7) is 1.21. The fraction of sp³-hybridized carbons (Fsp3) is 0.500. The molecule has 4 heterocycles. The van der Waals surface area contributed by atoms with E-state index in [2.05, 4.69) is 25.4 Å². The fourth-order valence-corrected chi connectivity index (χ4v) is 4.70. The summed E-state index contributed by atoms with van der Waals surface area (Å²) in [5.41, 5.74) is -0.748. The number of halogens is 3. The van der Waals surface area contributed by atoms with Crippen molar-refractivity contribution >= 4 is 28.4 Å². The maximum Gasteiger partial charge on any atom is 0.417 e. The van der Waals surface area contributed by atoms with E-state index in [1.165, 1.54) is 11.9 Å². The van der Waals surface area contributed by atoms with Crippen LogP contribution < -0.4 is 20.5 Å². The number of rotatable bonds is 5. The molecule has 1 saturated heterocycles. The molecule has 1 aliphatic carbocycles. The Morgan fingerprint density at radius 2 is 1.97 bits per heavy atom. The molecule has 5 rings (SSSR count). The van der Waals surface area contributed by atoms with Crippen LogP contribution in [0.3, 0.4) is 0 Å². The van der Waals surface area contributed by atoms with Gasteiger partial charge in [0.1, 0.15) is 11.8 Å². The third-order valence-corrected chi connectivity index (χ3v) is 7.26. The van der Waals surface area contributed by atoms with Crippen LogP contribution >= 0.6 is 0 Å². The standard InChI is InChI=1S/C24H28F3N7O4/c1-32-12-13(24(25,26)27)9-17(22(32)36)29-23(37)33(2)14-5-7-34(8-6-14)15-10-16-20(28-11-15)30-31-21(16)38-19-4-3-18(19)35/h9-12,14,18-19,35H,3-8H2,1-2H3,(H,29,37)(H,28,30,31)/t18-,19+/m0/s1. The third kappa shape index (κ3) is 4.99. The zero-order chi connectivity index (χ0) is 27.2. The smallest absolute Gasteiger partial charge is 0.417 e. The Labute approximate surface area is 215 Å². The van der Waals surface area contributed by atoms with E-state index in [9.17, 15) is 27.9 Å². The molecule has 3 aromatic heterocycles. The molecular formula is C24H28F3N7O4. The predicted molar refractivity (Wildman–Crippen MR) is 132 cm³/mol. The molecular weight excluding hydrogens is 507 g/mol. The van der Waals surface area contributed by atoms with E-state index >= 15 is 0 Å². The van der Waals surface area contributed by atoms with E-state index in [4.69, 9.17) is 4.74 Å². The average molecular weight is 536 g/mol. The number of aryl methyl sites for hydroxylation is 1. The molecule has 38 heavy (non-hydrogen) atoms. The van der Waals surface area contributed by atoms with Crippen LogP contribution in [-0.2, 0) is 13.2 Å². The summed E-state index contributed by atoms with van der Waals surface area (Å²) in [5.74, 6) is 0.394. The molecule has 2 amide bonds. The van der Waals surface area contributed by atoms with Gasteiger partial charge in [0.2, 0.25) is 5.88 Å². The number of anilines is 2. The van der Waals surface area contributed by atoms with Crippen molar-refractivity contribution in [2.45, 2.75) is 50.1 Å². The van der Waals surface area contributed by atoms with Crippen LogP contribution in [0.2, 0.25) is 0 Å². The Balaban J connectivity index is 1.22. The first-order valence-electron chi connectivity index (χ1n) is 12.3. The molecule has 1 saturated carbocycles. The normalized spacial score (nSPS) is 20.3. The topological polar surface area (TPSA) is 129 Å². The number of aromatic amines is 1. The Bertz CT molecular complexity index is 1400. The van der Waals surface area contributed by atoms with Gasteiger partial charge in [-0.15, -0.1) is 5.10 Å². The van der Waals surface area contributed by atoms with Crippen molar-refractivity contribution in [2.24, 2.45) is 7.05 Å². The summed E-state index contributed by atoms with van der Waals surface area (Å²) >= 11 is 0. The highest BCUT2D eigenvalue weighted by molar-refractivity contribution is 5.89. The monoisotopic (exact) mass is 535 g/mol. The van der Waals surface area contributed by atoms with Crippen LogP contribution in [0.5, 0.6) is 5.88 Å². The van der Waals surface area contributed by atoms with Crippen LogP contribution in [0, 0.1) is 0 Å². The number of nitrogens with zero attached hydrogens (tertiary/aromatic N) is 5. The van der Waals surface area contributed by atoms with Crippen molar-refractivity contribution in [3.63, 3.8) is 0 Å². The summed E-state index contributed by atoms with van der Waals surface area (Å²) in [7, 11) is 2.76. The minimum atomic E-state index is -4.65. The van der Waals surface area contributed by atoms with Gasteiger partial charge in [-0.2, -0.15) is 13.2 Å². The van der Waals surface area contributed by atoms with Crippen molar-refractivity contribution < 1.29 is 27.8 Å². The Morgan fingerprint density at radius 1 is 1.24 bits per heavy atom. The van der Waals surface area contributed by atoms with E-state index in [1.54, 1.807) is 13.2 Å². The second-order valence-corrected chi connectivity index (χ2v) is 9.73. The summed E-state index contributed by atoms with van der Waals surface area (Å²) in [4.78, 5) is 33.1. The molecule has 0 radical (unpaired) electrons. The lowest BCUT2D eigenvalue weighted by molar-refractivity contribution is -0.138. The van der Waals surface area contributed by atoms with Crippen molar-refractivity contribution in [3.05, 3.63) is 40.4 Å². The number of pyridine rings is 2. The van der Waals surface area contributed by atoms with E-state index in [0.717, 1.165) is 16.7 Å². The number of urea groups is 1. The molecule has 2 fully saturated rings. The van der Waals surface area contributed by atoms with Crippen molar-refractivity contribution in [3.8, 4) is 5.88 Å². The third-order valence-electron chi connectivity index (χ3n) is 7.26. The van der Waals surface area contributed by atoms with E-state index in [0.29, 0.717) is 61.5 Å². The van der Waals surface area contributed by atoms with Crippen LogP contribution in [-0.4, -0.2) is 74.2 Å². The molecule has 14 heteroatoms. The largest absolute Gasteiger partial charge is 0.470 e. The molecule has 2 atom stereocenters. The summed E-state index contributed by atoms with van der Waals surface area (Å²) in [6.07, 6.45) is -0.336. The van der Waals surface area contributed by atoms with Gasteiger partial charge in [0.15, 0.2) is 5.65 Å². The molecule has 2 aliphatic rings. The Morgan fingerprint density at radius 3 is 2.61 bits per heavy atom. The van der Waals surface area contributed by atoms with Crippen LogP contribution in [0.15, 0.2) is 29.3 Å². The summed E-state index contributed by atoms with van der Waals surface area (Å²) < 4.78 is 46.1. The Hall–Kier alpha value is -3.81. The number of aliphatic hydroxyl groups excluding tert-OH is 1. The van der Waals surface area contributed by atoms with Gasteiger partial charge in [0.05, 0.1) is 28.9 Å². The van der Waals surface area contributed by atoms with Crippen LogP contribution in [0.25, 0.3) is 11.0 Å². The van der Waals surface area contributed by atoms with Gasteiger partial charge in [-0.05, 0) is 37.8 Å². The number of H-pyrrole nitrogens is 1. The molecule has 11 nitrogen and oxygen atoms in total. The SMILES string of the molecule is CN(C(=O)Nc1cc(C(F)(F)F)cn(C)c1=O)C1CCN(c2cnc3[nH]nc(O[C@@H]4CC[C@@H]4O)c3c2)CC1. The van der Waals surface area contributed by atoms with Crippen LogP contribution in [0.4, 0.5) is 29.3 Å². The minimum Gasteiger partial charge on any atom is -0.470 e. The predicted octanol–water partition coefficient (Wildman–Crippen LogP) is 2.71. The van der Waals surface area contributed by atoms with E-state index in [1.807, 2.05) is 6.07 Å². The second-order valence-electron chi connectivity index (χ2n) is 9.73. The maximum atomic E-state index is 13.2. The Kier molecular flexibility index (Phi) is 6.67. The number of fused-ring (bicyclic) bond motifs is 1. The lowest BCUT2D eigenvalue weighted by Crippen LogP contribution is -2.47. The lowest BCUT2D eigenvalue weighted by Gasteiger charge is -2.37. The number of alkyl halides is 3. The number of hydrogen-bond acceptors (Lipinski definition) is 7. The first kappa shape index (κ1) is 25.8. The number of hydrogen-bond donors (Lipinski definition) is 3. The highest BCUT2D eigenvalue weighted by atomic mass is 19.4. The molecule has 1 aliphatic heterocycles. The number of carbonyl (C=O) groups is 1. The molecule has 0 unspecified atom stereocenters. The van der Waals surface area contributed by atoms with Gasteiger partial charge in [0.25, 0.3) is 5.56 Å². The molecule has 204 valence electrons.